The predicted molar refractivity (Wildman–Crippen MR) is 66.2 cm³/mol. The van der Waals surface area contributed by atoms with Crippen LogP contribution >= 0.6 is 0 Å². The van der Waals surface area contributed by atoms with Gasteiger partial charge in [0.1, 0.15) is 0 Å². The topological polar surface area (TPSA) is 83.0 Å². The molecule has 1 heterocycles. The zero-order valence-electron chi connectivity index (χ0n) is 10.8. The van der Waals surface area contributed by atoms with E-state index < -0.39 is 5.97 Å². The third-order valence-electron chi connectivity index (χ3n) is 3.47. The van der Waals surface area contributed by atoms with Crippen LogP contribution in [0.25, 0.3) is 0 Å². The first-order valence-corrected chi connectivity index (χ1v) is 6.50. The van der Waals surface area contributed by atoms with Gasteiger partial charge in [-0.25, -0.2) is 9.48 Å². The number of methoxy groups -OCH3 is 1. The van der Waals surface area contributed by atoms with Crippen LogP contribution in [0.4, 0.5) is 0 Å². The van der Waals surface area contributed by atoms with Gasteiger partial charge in [-0.1, -0.05) is 24.5 Å². The number of aromatic nitrogens is 3. The molecule has 6 nitrogen and oxygen atoms in total. The lowest BCUT2D eigenvalue weighted by Gasteiger charge is -2.23. The molecule has 0 aromatic carbocycles. The van der Waals surface area contributed by atoms with Crippen LogP contribution in [-0.4, -0.2) is 34.6 Å². The van der Waals surface area contributed by atoms with Gasteiger partial charge >= 0.3 is 5.97 Å². The molecule has 0 spiro atoms. The molecule has 6 heteroatoms. The minimum atomic E-state index is -0.430. The molecule has 1 aromatic heterocycles. The molecule has 1 saturated carbocycles. The number of esters is 1. The molecule has 0 saturated heterocycles. The van der Waals surface area contributed by atoms with E-state index in [1.54, 1.807) is 0 Å². The highest BCUT2D eigenvalue weighted by Crippen LogP contribution is 2.29. The van der Waals surface area contributed by atoms with E-state index in [1.165, 1.54) is 26.4 Å². The van der Waals surface area contributed by atoms with Gasteiger partial charge in [-0.15, -0.1) is 5.10 Å². The van der Waals surface area contributed by atoms with Crippen molar-refractivity contribution in [3.63, 3.8) is 0 Å². The van der Waals surface area contributed by atoms with Crippen LogP contribution in [0.5, 0.6) is 0 Å². The summed E-state index contributed by atoms with van der Waals surface area (Å²) in [6.07, 6.45) is 6.50. The molecule has 0 amide bonds. The third kappa shape index (κ3) is 2.53. The van der Waals surface area contributed by atoms with Crippen LogP contribution in [0, 0.1) is 0 Å². The minimum absolute atomic E-state index is 0.313. The molecule has 1 aliphatic carbocycles. The first-order valence-electron chi connectivity index (χ1n) is 6.50. The van der Waals surface area contributed by atoms with Gasteiger partial charge in [-0.3, -0.25) is 0 Å². The van der Waals surface area contributed by atoms with E-state index >= 15 is 0 Å². The number of rotatable bonds is 4. The zero-order chi connectivity index (χ0) is 13.0. The molecule has 18 heavy (non-hydrogen) atoms. The summed E-state index contributed by atoms with van der Waals surface area (Å²) < 4.78 is 6.62. The van der Waals surface area contributed by atoms with E-state index in [9.17, 15) is 4.79 Å². The number of carbonyl (C=O) groups is 1. The fourth-order valence-corrected chi connectivity index (χ4v) is 2.56. The normalized spacial score (nSPS) is 16.8. The van der Waals surface area contributed by atoms with Gasteiger partial charge in [-0.2, -0.15) is 0 Å². The van der Waals surface area contributed by atoms with Crippen molar-refractivity contribution in [1.29, 1.82) is 0 Å². The lowest BCUT2D eigenvalue weighted by molar-refractivity contribution is 0.0592. The second-order valence-corrected chi connectivity index (χ2v) is 4.65. The highest BCUT2D eigenvalue weighted by atomic mass is 16.5. The number of hydrogen-bond donors (Lipinski definition) is 1. The summed E-state index contributed by atoms with van der Waals surface area (Å²) >= 11 is 0. The second-order valence-electron chi connectivity index (χ2n) is 4.65. The fraction of sp³-hybridized carbons (Fsp3) is 0.750. The van der Waals surface area contributed by atoms with E-state index in [-0.39, 0.29) is 0 Å². The lowest BCUT2D eigenvalue weighted by Crippen LogP contribution is -2.20. The average molecular weight is 252 g/mol. The summed E-state index contributed by atoms with van der Waals surface area (Å²) in [5, 5.41) is 8.10. The van der Waals surface area contributed by atoms with Crippen LogP contribution in [0.15, 0.2) is 0 Å². The molecule has 2 N–H and O–H groups in total. The summed E-state index contributed by atoms with van der Waals surface area (Å²) in [5.74, 6) is -0.430. The molecule has 1 aromatic rings. The SMILES string of the molecule is COC(=O)c1nnn(C2CCCCC2)c1CCN. The molecule has 2 rings (SSSR count). The average Bonchev–Trinajstić information content (AvgIpc) is 2.83. The Bertz CT molecular complexity index is 410. The number of hydrogen-bond acceptors (Lipinski definition) is 5. The molecule has 1 fully saturated rings. The maximum absolute atomic E-state index is 11.6. The maximum atomic E-state index is 11.6. The molecule has 1 aliphatic rings. The van der Waals surface area contributed by atoms with Crippen molar-refractivity contribution in [3.8, 4) is 0 Å². The van der Waals surface area contributed by atoms with E-state index in [0.717, 1.165) is 18.5 Å². The molecule has 0 unspecified atom stereocenters. The zero-order valence-corrected chi connectivity index (χ0v) is 10.8. The van der Waals surface area contributed by atoms with Gasteiger partial charge in [0.2, 0.25) is 0 Å². The van der Waals surface area contributed by atoms with Gasteiger partial charge in [0.25, 0.3) is 0 Å². The number of nitrogens with zero attached hydrogens (tertiary/aromatic N) is 3. The Kier molecular flexibility index (Phi) is 4.30. The predicted octanol–water partition coefficient (Wildman–Crippen LogP) is 1.07. The maximum Gasteiger partial charge on any atom is 0.360 e. The summed E-state index contributed by atoms with van der Waals surface area (Å²) in [5.41, 5.74) is 6.74. The van der Waals surface area contributed by atoms with E-state index in [1.807, 2.05) is 4.68 Å². The van der Waals surface area contributed by atoms with Crippen LogP contribution < -0.4 is 5.73 Å². The molecule has 0 bridgehead atoms. The first-order chi connectivity index (χ1) is 8.77. The third-order valence-corrected chi connectivity index (χ3v) is 3.47. The van der Waals surface area contributed by atoms with E-state index in [4.69, 9.17) is 10.5 Å². The highest BCUT2D eigenvalue weighted by molar-refractivity contribution is 5.88. The second kappa shape index (κ2) is 5.95. The van der Waals surface area contributed by atoms with Crippen molar-refractivity contribution in [2.75, 3.05) is 13.7 Å². The Morgan fingerprint density at radius 2 is 2.17 bits per heavy atom. The van der Waals surface area contributed by atoms with E-state index in [2.05, 4.69) is 10.3 Å². The summed E-state index contributed by atoms with van der Waals surface area (Å²) in [7, 11) is 1.36. The molecule has 0 atom stereocenters. The van der Waals surface area contributed by atoms with Crippen molar-refractivity contribution in [2.45, 2.75) is 44.6 Å². The Morgan fingerprint density at radius 3 is 2.78 bits per heavy atom. The molecular weight excluding hydrogens is 232 g/mol. The van der Waals surface area contributed by atoms with Gasteiger partial charge < -0.3 is 10.5 Å². The Morgan fingerprint density at radius 1 is 1.44 bits per heavy atom. The van der Waals surface area contributed by atoms with Gasteiger partial charge in [0.15, 0.2) is 5.69 Å². The van der Waals surface area contributed by atoms with Crippen LogP contribution in [0.2, 0.25) is 0 Å². The van der Waals surface area contributed by atoms with Gasteiger partial charge in [-0.05, 0) is 19.4 Å². The number of nitrogens with two attached hydrogens (primary N) is 1. The quantitative estimate of drug-likeness (QED) is 0.810. The Balaban J connectivity index is 2.28. The molecule has 0 aliphatic heterocycles. The Labute approximate surface area is 106 Å². The molecular formula is C12H20N4O2. The monoisotopic (exact) mass is 252 g/mol. The number of ether oxygens (including phenoxy) is 1. The summed E-state index contributed by atoms with van der Waals surface area (Å²) in [6, 6.07) is 0.353. The number of carbonyl (C=O) groups excluding carboxylic acids is 1. The van der Waals surface area contributed by atoms with Crippen molar-refractivity contribution < 1.29 is 9.53 Å². The standard InChI is InChI=1S/C12H20N4O2/c1-18-12(17)11-10(7-8-13)16(15-14-11)9-5-3-2-4-6-9/h9H,2-8,13H2,1H3. The van der Waals surface area contributed by atoms with Crippen LogP contribution in [0.1, 0.15) is 54.3 Å². The molecule has 0 radical (unpaired) electrons. The summed E-state index contributed by atoms with van der Waals surface area (Å²) in [4.78, 5) is 11.6. The highest BCUT2D eigenvalue weighted by Gasteiger charge is 2.25. The van der Waals surface area contributed by atoms with Gasteiger partial charge in [0.05, 0.1) is 18.8 Å². The fourth-order valence-electron chi connectivity index (χ4n) is 2.56. The largest absolute Gasteiger partial charge is 0.464 e. The van der Waals surface area contributed by atoms with Crippen molar-refractivity contribution in [1.82, 2.24) is 15.0 Å². The molecule has 100 valence electrons. The van der Waals surface area contributed by atoms with Crippen molar-refractivity contribution in [2.24, 2.45) is 5.73 Å². The smallest absolute Gasteiger partial charge is 0.360 e. The van der Waals surface area contributed by atoms with Crippen molar-refractivity contribution >= 4 is 5.97 Å². The van der Waals surface area contributed by atoms with Gasteiger partial charge in [0, 0.05) is 6.42 Å². The minimum Gasteiger partial charge on any atom is -0.464 e. The van der Waals surface area contributed by atoms with E-state index in [0.29, 0.717) is 24.7 Å². The van der Waals surface area contributed by atoms with Crippen LogP contribution in [0.3, 0.4) is 0 Å². The Hall–Kier alpha value is -1.43. The van der Waals surface area contributed by atoms with Crippen molar-refractivity contribution in [3.05, 3.63) is 11.4 Å². The lowest BCUT2D eigenvalue weighted by atomic mass is 9.95. The first kappa shape index (κ1) is 13.0. The summed E-state index contributed by atoms with van der Waals surface area (Å²) in [6.45, 7) is 0.476. The van der Waals surface area contributed by atoms with Crippen LogP contribution in [-0.2, 0) is 11.2 Å².